The number of rotatable bonds is 4. The largest absolute Gasteiger partial charge is 0.448 e. The van der Waals surface area contributed by atoms with Crippen LogP contribution in [0.5, 0.6) is 0 Å². The SMILES string of the molecule is CC=NC(=O)OCCCC1CCCCC1. The minimum atomic E-state index is -0.457. The lowest BCUT2D eigenvalue weighted by atomic mass is 9.86. The lowest BCUT2D eigenvalue weighted by Gasteiger charge is -2.20. The van der Waals surface area contributed by atoms with Crippen molar-refractivity contribution in [2.45, 2.75) is 51.9 Å². The second-order valence-electron chi connectivity index (χ2n) is 4.15. The van der Waals surface area contributed by atoms with Crippen molar-refractivity contribution in [3.63, 3.8) is 0 Å². The zero-order chi connectivity index (χ0) is 10.9. The van der Waals surface area contributed by atoms with Crippen molar-refractivity contribution in [1.82, 2.24) is 0 Å². The molecule has 0 radical (unpaired) electrons. The van der Waals surface area contributed by atoms with Gasteiger partial charge in [0.15, 0.2) is 0 Å². The number of aliphatic imine (C=N–C) groups is 1. The molecule has 0 aromatic heterocycles. The second-order valence-corrected chi connectivity index (χ2v) is 4.15. The van der Waals surface area contributed by atoms with Crippen LogP contribution in [-0.2, 0) is 4.74 Å². The number of hydrogen-bond donors (Lipinski definition) is 0. The van der Waals surface area contributed by atoms with E-state index in [1.165, 1.54) is 44.7 Å². The van der Waals surface area contributed by atoms with Crippen LogP contribution < -0.4 is 0 Å². The third-order valence-electron chi connectivity index (χ3n) is 2.94. The van der Waals surface area contributed by atoms with E-state index in [1.807, 2.05) is 0 Å². The molecule has 1 aliphatic carbocycles. The number of amides is 1. The Morgan fingerprint density at radius 3 is 2.80 bits per heavy atom. The van der Waals surface area contributed by atoms with Gasteiger partial charge in [-0.15, -0.1) is 0 Å². The third kappa shape index (κ3) is 5.55. The fraction of sp³-hybridized carbons (Fsp3) is 0.833. The molecule has 0 atom stereocenters. The Labute approximate surface area is 91.9 Å². The molecule has 1 rings (SSSR count). The Kier molecular flexibility index (Phi) is 6.05. The predicted octanol–water partition coefficient (Wildman–Crippen LogP) is 3.57. The van der Waals surface area contributed by atoms with E-state index < -0.39 is 6.09 Å². The van der Waals surface area contributed by atoms with Crippen molar-refractivity contribution in [2.75, 3.05) is 6.61 Å². The van der Waals surface area contributed by atoms with E-state index in [2.05, 4.69) is 4.99 Å². The summed E-state index contributed by atoms with van der Waals surface area (Å²) in [5.74, 6) is 0.868. The fourth-order valence-corrected chi connectivity index (χ4v) is 2.15. The van der Waals surface area contributed by atoms with Crippen LogP contribution in [0, 0.1) is 5.92 Å². The molecule has 0 spiro atoms. The number of ether oxygens (including phenoxy) is 1. The fourth-order valence-electron chi connectivity index (χ4n) is 2.15. The average Bonchev–Trinajstić information content (AvgIpc) is 2.26. The van der Waals surface area contributed by atoms with Crippen LogP contribution in [0.3, 0.4) is 0 Å². The van der Waals surface area contributed by atoms with Crippen LogP contribution in [0.4, 0.5) is 4.79 Å². The summed E-state index contributed by atoms with van der Waals surface area (Å²) in [5, 5.41) is 0. The smallest absolute Gasteiger partial charge is 0.433 e. The topological polar surface area (TPSA) is 38.7 Å². The van der Waals surface area contributed by atoms with Gasteiger partial charge in [0.2, 0.25) is 0 Å². The lowest BCUT2D eigenvalue weighted by Crippen LogP contribution is -2.08. The van der Waals surface area contributed by atoms with E-state index in [-0.39, 0.29) is 0 Å². The number of nitrogens with zero attached hydrogens (tertiary/aromatic N) is 1. The summed E-state index contributed by atoms with van der Waals surface area (Å²) in [5.41, 5.74) is 0. The standard InChI is InChI=1S/C12H21NO2/c1-2-13-12(14)15-10-6-9-11-7-4-3-5-8-11/h2,11H,3-10H2,1H3. The van der Waals surface area contributed by atoms with Crippen molar-refractivity contribution in [3.05, 3.63) is 0 Å². The van der Waals surface area contributed by atoms with Crippen LogP contribution in [0.1, 0.15) is 51.9 Å². The third-order valence-corrected chi connectivity index (χ3v) is 2.94. The summed E-state index contributed by atoms with van der Waals surface area (Å²) in [6.45, 7) is 2.23. The van der Waals surface area contributed by atoms with Crippen molar-refractivity contribution in [2.24, 2.45) is 10.9 Å². The quantitative estimate of drug-likeness (QED) is 0.526. The molecular weight excluding hydrogens is 190 g/mol. The molecule has 3 heteroatoms. The van der Waals surface area contributed by atoms with Crippen LogP contribution in [0.2, 0.25) is 0 Å². The van der Waals surface area contributed by atoms with Gasteiger partial charge in [-0.25, -0.2) is 4.79 Å². The van der Waals surface area contributed by atoms with Gasteiger partial charge in [0, 0.05) is 6.21 Å². The summed E-state index contributed by atoms with van der Waals surface area (Å²) >= 11 is 0. The van der Waals surface area contributed by atoms with E-state index in [4.69, 9.17) is 4.74 Å². The maximum absolute atomic E-state index is 10.9. The molecule has 0 bridgehead atoms. The first-order valence-corrected chi connectivity index (χ1v) is 5.98. The highest BCUT2D eigenvalue weighted by atomic mass is 16.5. The Balaban J connectivity index is 1.98. The van der Waals surface area contributed by atoms with Crippen molar-refractivity contribution in [3.8, 4) is 0 Å². The second kappa shape index (κ2) is 7.43. The van der Waals surface area contributed by atoms with E-state index in [1.54, 1.807) is 6.92 Å². The molecule has 1 fully saturated rings. The number of carbonyl (C=O) groups excluding carboxylic acids is 1. The summed E-state index contributed by atoms with van der Waals surface area (Å²) in [4.78, 5) is 14.4. The van der Waals surface area contributed by atoms with Gasteiger partial charge in [-0.3, -0.25) is 0 Å². The van der Waals surface area contributed by atoms with Crippen LogP contribution in [0.25, 0.3) is 0 Å². The van der Waals surface area contributed by atoms with Gasteiger partial charge < -0.3 is 4.74 Å². The molecule has 0 aliphatic heterocycles. The first kappa shape index (κ1) is 12.2. The van der Waals surface area contributed by atoms with Crippen LogP contribution in [-0.4, -0.2) is 18.9 Å². The minimum absolute atomic E-state index is 0.457. The van der Waals surface area contributed by atoms with E-state index in [0.717, 1.165) is 12.3 Å². The van der Waals surface area contributed by atoms with Gasteiger partial charge in [0.1, 0.15) is 0 Å². The van der Waals surface area contributed by atoms with Crippen molar-refractivity contribution < 1.29 is 9.53 Å². The van der Waals surface area contributed by atoms with Gasteiger partial charge in [-0.1, -0.05) is 32.1 Å². The normalized spacial score (nSPS) is 18.2. The zero-order valence-electron chi connectivity index (χ0n) is 9.58. The highest BCUT2D eigenvalue weighted by molar-refractivity contribution is 5.78. The van der Waals surface area contributed by atoms with Gasteiger partial charge in [-0.05, 0) is 25.7 Å². The lowest BCUT2D eigenvalue weighted by molar-refractivity contribution is 0.151. The maximum Gasteiger partial charge on any atom is 0.433 e. The Morgan fingerprint density at radius 1 is 1.40 bits per heavy atom. The Morgan fingerprint density at radius 2 is 2.13 bits per heavy atom. The molecule has 0 N–H and O–H groups in total. The van der Waals surface area contributed by atoms with Crippen LogP contribution in [0.15, 0.2) is 4.99 Å². The highest BCUT2D eigenvalue weighted by Gasteiger charge is 2.12. The monoisotopic (exact) mass is 211 g/mol. The molecule has 1 amide bonds. The van der Waals surface area contributed by atoms with Gasteiger partial charge in [0.05, 0.1) is 6.61 Å². The molecule has 0 aromatic carbocycles. The molecule has 15 heavy (non-hydrogen) atoms. The van der Waals surface area contributed by atoms with E-state index >= 15 is 0 Å². The van der Waals surface area contributed by atoms with E-state index in [0.29, 0.717) is 6.61 Å². The molecular formula is C12H21NO2. The summed E-state index contributed by atoms with van der Waals surface area (Å²) < 4.78 is 4.94. The molecule has 3 nitrogen and oxygen atoms in total. The molecule has 86 valence electrons. The number of carbonyl (C=O) groups is 1. The van der Waals surface area contributed by atoms with Crippen molar-refractivity contribution >= 4 is 12.3 Å². The van der Waals surface area contributed by atoms with E-state index in [9.17, 15) is 4.79 Å². The Bertz CT molecular complexity index is 208. The minimum Gasteiger partial charge on any atom is -0.448 e. The molecule has 1 saturated carbocycles. The van der Waals surface area contributed by atoms with Gasteiger partial charge in [-0.2, -0.15) is 4.99 Å². The Hall–Kier alpha value is -0.860. The maximum atomic E-state index is 10.9. The van der Waals surface area contributed by atoms with Crippen molar-refractivity contribution in [1.29, 1.82) is 0 Å². The molecule has 1 aliphatic rings. The predicted molar refractivity (Wildman–Crippen MR) is 61.3 cm³/mol. The number of hydrogen-bond acceptors (Lipinski definition) is 2. The zero-order valence-corrected chi connectivity index (χ0v) is 9.58. The molecule has 0 saturated heterocycles. The average molecular weight is 211 g/mol. The molecule has 0 heterocycles. The van der Waals surface area contributed by atoms with Gasteiger partial charge >= 0.3 is 6.09 Å². The highest BCUT2D eigenvalue weighted by Crippen LogP contribution is 2.27. The summed E-state index contributed by atoms with van der Waals surface area (Å²) in [6, 6.07) is 0. The van der Waals surface area contributed by atoms with Gasteiger partial charge in [0.25, 0.3) is 0 Å². The molecule has 0 aromatic rings. The summed E-state index contributed by atoms with van der Waals surface area (Å²) in [7, 11) is 0. The molecule has 0 unspecified atom stereocenters. The van der Waals surface area contributed by atoms with Crippen LogP contribution >= 0.6 is 0 Å². The first-order valence-electron chi connectivity index (χ1n) is 5.98. The first-order chi connectivity index (χ1) is 7.33. The summed E-state index contributed by atoms with van der Waals surface area (Å²) in [6.07, 6.45) is 10.1.